The van der Waals surface area contributed by atoms with E-state index in [0.29, 0.717) is 120 Å². The van der Waals surface area contributed by atoms with Crippen LogP contribution >= 0.6 is 0 Å². The topological polar surface area (TPSA) is 347 Å². The maximum atomic E-state index is 12.3. The van der Waals surface area contributed by atoms with E-state index < -0.39 is 33.3 Å². The number of amides is 4. The highest BCUT2D eigenvalue weighted by molar-refractivity contribution is 7.88. The fraction of sp³-hybridized carbons (Fsp3) is 0.507. The van der Waals surface area contributed by atoms with Crippen molar-refractivity contribution in [1.29, 1.82) is 0 Å². The first kappa shape index (κ1) is 75.0. The van der Waals surface area contributed by atoms with E-state index in [4.69, 9.17) is 36.1 Å². The number of primary amides is 3. The van der Waals surface area contributed by atoms with Gasteiger partial charge >= 0.3 is 6.09 Å². The normalized spacial score (nSPS) is 18.0. The second kappa shape index (κ2) is 36.3. The van der Waals surface area contributed by atoms with Gasteiger partial charge in [0.2, 0.25) is 10.0 Å². The first-order valence-corrected chi connectivity index (χ1v) is 37.6. The summed E-state index contributed by atoms with van der Waals surface area (Å²) in [4.78, 5) is 63.0. The van der Waals surface area contributed by atoms with Gasteiger partial charge in [-0.3, -0.25) is 14.4 Å². The fourth-order valence-corrected chi connectivity index (χ4v) is 14.5. The summed E-state index contributed by atoms with van der Waals surface area (Å²) in [5, 5.41) is 23.5. The number of nitrogens with two attached hydrogens (primary N) is 3. The lowest BCUT2D eigenvalue weighted by Crippen LogP contribution is -2.42. The summed E-state index contributed by atoms with van der Waals surface area (Å²) in [6.07, 6.45) is 17.4. The molecule has 0 spiro atoms. The van der Waals surface area contributed by atoms with Crippen LogP contribution in [0.5, 0.6) is 0 Å². The van der Waals surface area contributed by atoms with E-state index in [1.807, 2.05) is 45.0 Å². The molecule has 6 aliphatic rings. The van der Waals surface area contributed by atoms with Crippen LogP contribution in [0.1, 0.15) is 163 Å². The minimum absolute atomic E-state index is 0.263. The molecule has 0 radical (unpaired) electrons. The molecule has 0 bridgehead atoms. The molecule has 6 fully saturated rings. The summed E-state index contributed by atoms with van der Waals surface area (Å²) in [6, 6.07) is 30.8. The number of hydrogen-bond donors (Lipinski definition) is 10. The molecular formula is C75H103N15O10S. The Morgan fingerprint density at radius 2 is 0.792 bits per heavy atom. The highest BCUT2D eigenvalue weighted by atomic mass is 32.2. The lowest BCUT2D eigenvalue weighted by molar-refractivity contribution is 0.0187. The lowest BCUT2D eigenvalue weighted by Gasteiger charge is -2.33. The Balaban J connectivity index is 0.000000164. The van der Waals surface area contributed by atoms with Crippen molar-refractivity contribution in [3.05, 3.63) is 143 Å². The molecule has 3 aromatic heterocycles. The number of carbonyl (C=O) groups is 4. The van der Waals surface area contributed by atoms with Crippen molar-refractivity contribution in [2.24, 2.45) is 35.0 Å². The molecule has 101 heavy (non-hydrogen) atoms. The number of rotatable bonds is 22. The molecule has 4 amide bonds. The van der Waals surface area contributed by atoms with Crippen LogP contribution in [0.25, 0.3) is 0 Å². The number of benzene rings is 3. The Labute approximate surface area is 594 Å². The van der Waals surface area contributed by atoms with Crippen molar-refractivity contribution in [2.45, 2.75) is 121 Å². The summed E-state index contributed by atoms with van der Waals surface area (Å²) >= 11 is 0. The number of pyridine rings is 3. The Bertz CT molecular complexity index is 3790. The highest BCUT2D eigenvalue weighted by Crippen LogP contribution is 2.34. The molecule has 544 valence electrons. The molecule has 6 saturated heterocycles. The minimum Gasteiger partial charge on any atom is -0.444 e. The number of nitrogens with one attached hydrogen (secondary N) is 7. The van der Waals surface area contributed by atoms with Gasteiger partial charge in [-0.05, 0) is 200 Å². The molecule has 6 aliphatic heterocycles. The number of ether oxygens (including phenoxy) is 4. The van der Waals surface area contributed by atoms with Gasteiger partial charge in [-0.15, -0.1) is 0 Å². The van der Waals surface area contributed by atoms with Crippen molar-refractivity contribution >= 4 is 85.4 Å². The average Bonchev–Trinajstić information content (AvgIpc) is 0.849. The van der Waals surface area contributed by atoms with Crippen molar-refractivity contribution in [1.82, 2.24) is 29.5 Å². The van der Waals surface area contributed by atoms with Gasteiger partial charge in [0.1, 0.15) is 23.1 Å². The maximum absolute atomic E-state index is 12.3. The molecular weight excluding hydrogens is 1300 g/mol. The van der Waals surface area contributed by atoms with Gasteiger partial charge in [0, 0.05) is 139 Å². The van der Waals surface area contributed by atoms with E-state index in [-0.39, 0.29) is 6.09 Å². The van der Waals surface area contributed by atoms with Crippen LogP contribution in [-0.4, -0.2) is 167 Å². The Morgan fingerprint density at radius 3 is 1.09 bits per heavy atom. The number of anilines is 9. The number of carbonyl (C=O) groups excluding carboxylic acids is 4. The van der Waals surface area contributed by atoms with E-state index in [9.17, 15) is 27.6 Å². The van der Waals surface area contributed by atoms with Gasteiger partial charge in [-0.2, -0.15) is 0 Å². The first-order chi connectivity index (χ1) is 48.7. The van der Waals surface area contributed by atoms with E-state index in [0.717, 1.165) is 159 Å². The molecule has 6 aromatic rings. The quantitative estimate of drug-likeness (QED) is 0.0302. The molecule has 0 saturated carbocycles. The van der Waals surface area contributed by atoms with Gasteiger partial charge in [-0.25, -0.2) is 32.5 Å². The molecule has 0 unspecified atom stereocenters. The third-order valence-electron chi connectivity index (χ3n) is 19.6. The SMILES string of the molecule is CC(C)(C)OC(=O)N1CCC(CNc2cc(Nc3ccc(C4CCOCC4)cc3)ncc2C(N)=O)CC1.CS(=O)(=O)N1CCC(CNc2cc(Nc3ccc(C4CCOCC4)cc3)ncc2C(N)=O)CC1.NC(=O)c1cnc(Nc2ccc(C3CCOCC3)cc2)cc1NCC1CCNCC1. The average molecular weight is 1410 g/mol. The largest absolute Gasteiger partial charge is 0.444 e. The summed E-state index contributed by atoms with van der Waals surface area (Å²) in [5.41, 5.74) is 26.1. The summed E-state index contributed by atoms with van der Waals surface area (Å²) in [6.45, 7) is 17.1. The monoisotopic (exact) mass is 1410 g/mol. The number of piperidine rings is 3. The van der Waals surface area contributed by atoms with Crippen LogP contribution in [0, 0.1) is 17.8 Å². The Morgan fingerprint density at radius 1 is 0.485 bits per heavy atom. The van der Waals surface area contributed by atoms with E-state index in [2.05, 4.69) is 113 Å². The lowest BCUT2D eigenvalue weighted by atomic mass is 9.92. The molecule has 12 rings (SSSR count). The van der Waals surface area contributed by atoms with Crippen LogP contribution in [0.3, 0.4) is 0 Å². The van der Waals surface area contributed by atoms with Crippen LogP contribution in [0.15, 0.2) is 110 Å². The van der Waals surface area contributed by atoms with Gasteiger partial charge in [0.15, 0.2) is 0 Å². The van der Waals surface area contributed by atoms with Crippen molar-refractivity contribution in [3.63, 3.8) is 0 Å². The molecule has 13 N–H and O–H groups in total. The molecule has 9 heterocycles. The number of sulfonamides is 1. The highest BCUT2D eigenvalue weighted by Gasteiger charge is 2.29. The van der Waals surface area contributed by atoms with Crippen LogP contribution in [0.4, 0.5) is 56.4 Å². The summed E-state index contributed by atoms with van der Waals surface area (Å²) < 4.78 is 46.8. The smallest absolute Gasteiger partial charge is 0.410 e. The Kier molecular flexibility index (Phi) is 26.9. The maximum Gasteiger partial charge on any atom is 0.410 e. The van der Waals surface area contributed by atoms with E-state index in [1.165, 1.54) is 39.6 Å². The summed E-state index contributed by atoms with van der Waals surface area (Å²) in [7, 11) is -3.15. The van der Waals surface area contributed by atoms with Crippen molar-refractivity contribution < 1.29 is 46.5 Å². The zero-order chi connectivity index (χ0) is 71.3. The van der Waals surface area contributed by atoms with Gasteiger partial charge < -0.3 is 78.3 Å². The number of likely N-dealkylation sites (tertiary alicyclic amines) is 1. The summed E-state index contributed by atoms with van der Waals surface area (Å²) in [5.74, 6) is 3.30. The minimum atomic E-state index is -3.15. The van der Waals surface area contributed by atoms with Crippen molar-refractivity contribution in [3.8, 4) is 0 Å². The van der Waals surface area contributed by atoms with Gasteiger partial charge in [-0.1, -0.05) is 36.4 Å². The van der Waals surface area contributed by atoms with Gasteiger partial charge in [0.25, 0.3) is 17.7 Å². The molecule has 25 nitrogen and oxygen atoms in total. The fourth-order valence-electron chi connectivity index (χ4n) is 13.6. The van der Waals surface area contributed by atoms with Crippen LogP contribution in [-0.2, 0) is 29.0 Å². The van der Waals surface area contributed by atoms with Crippen LogP contribution < -0.4 is 54.4 Å². The number of nitrogens with zero attached hydrogens (tertiary/aromatic N) is 5. The zero-order valence-corrected chi connectivity index (χ0v) is 59.7. The molecule has 26 heteroatoms. The standard InChI is InChI=1S/C28H39N5O4.C24H33N5O4S.C23H31N5O2/c1-28(2,3)37-27(35)33-12-8-19(9-13-33)17-30-24-16-25(31-18-23(24)26(29)34)32-22-6-4-20(5-7-22)21-10-14-36-15-11-21;1-34(31,32)29-10-6-17(7-11-29)15-26-22-14-23(27-16-21(22)24(25)30)28-20-4-2-18(3-5-20)19-8-12-33-13-9-19;24-23(29)20-15-27-22(13-21(20)26-14-16-5-9-25-10-6-16)28-19-3-1-17(2-4-19)18-7-11-30-12-8-18/h4-7,16,18-19,21H,8-15,17H2,1-3H3,(H2,29,34)(H2,30,31,32);2-5,14,16-17,19H,6-13,15H2,1H3,(H2,25,30)(H2,26,27,28);1-4,13,15-16,18,25H,5-12,14H2,(H2,24,29)(H2,26,27,28). The third kappa shape index (κ3) is 22.9. The third-order valence-corrected chi connectivity index (χ3v) is 20.9. The number of aromatic nitrogens is 3. The second-order valence-corrected chi connectivity index (χ2v) is 30.2. The van der Waals surface area contributed by atoms with E-state index >= 15 is 0 Å². The number of hydrogen-bond acceptors (Lipinski definition) is 20. The molecule has 0 atom stereocenters. The predicted octanol–water partition coefficient (Wildman–Crippen LogP) is 11.0. The van der Waals surface area contributed by atoms with Gasteiger partial charge in [0.05, 0.1) is 40.0 Å². The van der Waals surface area contributed by atoms with Crippen molar-refractivity contribution in [2.75, 3.05) is 137 Å². The van der Waals surface area contributed by atoms with Crippen LogP contribution in [0.2, 0.25) is 0 Å². The molecule has 0 aliphatic carbocycles. The first-order valence-electron chi connectivity index (χ1n) is 35.8. The second-order valence-electron chi connectivity index (χ2n) is 28.2. The van der Waals surface area contributed by atoms with E-state index in [1.54, 1.807) is 17.2 Å². The molecule has 3 aromatic carbocycles. The Hall–Kier alpha value is -8.66. The zero-order valence-electron chi connectivity index (χ0n) is 58.9. The predicted molar refractivity (Wildman–Crippen MR) is 397 cm³/mol.